The van der Waals surface area contributed by atoms with Gasteiger partial charge >= 0.3 is 0 Å². The van der Waals surface area contributed by atoms with E-state index in [0.717, 1.165) is 12.1 Å². The average molecular weight is 261 g/mol. The van der Waals surface area contributed by atoms with Crippen LogP contribution < -0.4 is 10.8 Å². The topological polar surface area (TPSA) is 85.9 Å². The number of rotatable bonds is 5. The minimum Gasteiger partial charge on any atom is -0.381 e. The summed E-state index contributed by atoms with van der Waals surface area (Å²) in [6.45, 7) is 0.832. The summed E-state index contributed by atoms with van der Waals surface area (Å²) in [6, 6.07) is 1.94. The molecule has 2 rings (SSSR count). The summed E-state index contributed by atoms with van der Waals surface area (Å²) in [5.74, 6) is -0.759. The van der Waals surface area contributed by atoms with Crippen molar-refractivity contribution in [2.75, 3.05) is 11.9 Å². The first-order valence-corrected chi connectivity index (χ1v) is 5.37. The van der Waals surface area contributed by atoms with Crippen molar-refractivity contribution < 1.29 is 9.31 Å². The molecule has 7 nitrogen and oxygen atoms in total. The van der Waals surface area contributed by atoms with E-state index in [1.165, 1.54) is 12.7 Å². The van der Waals surface area contributed by atoms with Crippen molar-refractivity contribution in [3.8, 4) is 0 Å². The average Bonchev–Trinajstić information content (AvgIpc) is 2.85. The highest BCUT2D eigenvalue weighted by Gasteiger charge is 2.13. The third-order valence-corrected chi connectivity index (χ3v) is 2.43. The van der Waals surface area contributed by atoms with E-state index in [1.807, 2.05) is 0 Å². The smallest absolute Gasteiger partial charge is 0.271 e. The number of hydrogen-bond donors (Lipinski definition) is 1. The van der Waals surface area contributed by atoms with Crippen LogP contribution in [0.3, 0.4) is 0 Å². The van der Waals surface area contributed by atoms with Gasteiger partial charge in [0.2, 0.25) is 0 Å². The first-order valence-electron chi connectivity index (χ1n) is 5.37. The molecule has 0 aliphatic carbocycles. The number of nitrogens with one attached hydrogen (secondary N) is 1. The van der Waals surface area contributed by atoms with Gasteiger partial charge in [-0.05, 0) is 0 Å². The molecule has 19 heavy (non-hydrogen) atoms. The molecule has 0 aliphatic heterocycles. The molecule has 1 aromatic carbocycles. The van der Waals surface area contributed by atoms with E-state index in [4.69, 9.17) is 7.85 Å². The molecule has 0 bridgehead atoms. The highest BCUT2D eigenvalue weighted by molar-refractivity contribution is 6.36. The second-order valence-corrected chi connectivity index (χ2v) is 3.73. The minimum absolute atomic E-state index is 0.00899. The lowest BCUT2D eigenvalue weighted by molar-refractivity contribution is -0.385. The van der Waals surface area contributed by atoms with Gasteiger partial charge < -0.3 is 5.32 Å². The van der Waals surface area contributed by atoms with Gasteiger partial charge in [0, 0.05) is 12.6 Å². The molecule has 2 aromatic rings. The van der Waals surface area contributed by atoms with Crippen LogP contribution in [0.5, 0.6) is 0 Å². The lowest BCUT2D eigenvalue weighted by atomic mass is 9.93. The Morgan fingerprint density at radius 2 is 2.32 bits per heavy atom. The van der Waals surface area contributed by atoms with Gasteiger partial charge in [0.05, 0.1) is 23.2 Å². The summed E-state index contributed by atoms with van der Waals surface area (Å²) in [5.41, 5.74) is -0.340. The summed E-state index contributed by atoms with van der Waals surface area (Å²) in [6.07, 6.45) is 2.91. The summed E-state index contributed by atoms with van der Waals surface area (Å²) in [7, 11) is 5.58. The second kappa shape index (κ2) is 5.47. The quantitative estimate of drug-likeness (QED) is 0.473. The van der Waals surface area contributed by atoms with Crippen LogP contribution in [0.15, 0.2) is 24.8 Å². The van der Waals surface area contributed by atoms with Gasteiger partial charge in [-0.3, -0.25) is 14.8 Å². The summed E-state index contributed by atoms with van der Waals surface area (Å²) >= 11 is 0. The van der Waals surface area contributed by atoms with E-state index in [-0.39, 0.29) is 16.8 Å². The molecule has 0 unspecified atom stereocenters. The number of nitrogens with zero attached hydrogens (tertiary/aromatic N) is 4. The molecule has 0 saturated heterocycles. The van der Waals surface area contributed by atoms with Crippen LogP contribution in [0, 0.1) is 15.9 Å². The molecule has 0 atom stereocenters. The number of nitro groups is 1. The van der Waals surface area contributed by atoms with E-state index < -0.39 is 10.7 Å². The number of hydrogen-bond acceptors (Lipinski definition) is 5. The van der Waals surface area contributed by atoms with Gasteiger partial charge in [-0.25, -0.2) is 9.37 Å². The number of non-ortho nitro benzene ring substituents is 1. The Hall–Kier alpha value is -2.45. The predicted octanol–water partition coefficient (Wildman–Crippen LogP) is 0.231. The molecule has 0 fully saturated rings. The van der Waals surface area contributed by atoms with Crippen LogP contribution >= 0.6 is 0 Å². The zero-order valence-electron chi connectivity index (χ0n) is 9.78. The van der Waals surface area contributed by atoms with Crippen LogP contribution in [-0.4, -0.2) is 34.1 Å². The summed E-state index contributed by atoms with van der Waals surface area (Å²) in [4.78, 5) is 13.6. The molecule has 0 aliphatic rings. The molecular weight excluding hydrogens is 252 g/mol. The van der Waals surface area contributed by atoms with Crippen molar-refractivity contribution in [1.82, 2.24) is 14.8 Å². The fraction of sp³-hybridized carbons (Fsp3) is 0.200. The van der Waals surface area contributed by atoms with Crippen molar-refractivity contribution in [2.24, 2.45) is 0 Å². The van der Waals surface area contributed by atoms with E-state index in [1.54, 1.807) is 4.68 Å². The molecule has 96 valence electrons. The van der Waals surface area contributed by atoms with Gasteiger partial charge in [-0.15, -0.1) is 0 Å². The number of halogens is 1. The molecular formula is C10H9BFN5O2. The maximum absolute atomic E-state index is 13.7. The highest BCUT2D eigenvalue weighted by Crippen LogP contribution is 2.17. The number of aromatic nitrogens is 3. The Balaban J connectivity index is 2.06. The van der Waals surface area contributed by atoms with Crippen LogP contribution in [-0.2, 0) is 6.54 Å². The zero-order chi connectivity index (χ0) is 13.8. The monoisotopic (exact) mass is 261 g/mol. The van der Waals surface area contributed by atoms with Gasteiger partial charge in [0.1, 0.15) is 20.5 Å². The summed E-state index contributed by atoms with van der Waals surface area (Å²) < 4.78 is 15.2. The van der Waals surface area contributed by atoms with Gasteiger partial charge in [0.25, 0.3) is 5.69 Å². The first-order chi connectivity index (χ1) is 9.08. The zero-order valence-corrected chi connectivity index (χ0v) is 9.78. The number of anilines is 1. The van der Waals surface area contributed by atoms with E-state index in [2.05, 4.69) is 15.4 Å². The molecule has 0 amide bonds. The summed E-state index contributed by atoms with van der Waals surface area (Å²) in [5, 5.41) is 17.2. The predicted molar refractivity (Wildman–Crippen MR) is 67.0 cm³/mol. The fourth-order valence-corrected chi connectivity index (χ4v) is 1.55. The van der Waals surface area contributed by atoms with Gasteiger partial charge in [0.15, 0.2) is 5.82 Å². The molecule has 2 radical (unpaired) electrons. The van der Waals surface area contributed by atoms with Crippen molar-refractivity contribution >= 4 is 24.7 Å². The SMILES string of the molecule is [B]c1cc([N+](=O)[O-])cc(F)c1NCCn1cncn1. The van der Waals surface area contributed by atoms with E-state index >= 15 is 0 Å². The number of nitro benzene ring substituents is 1. The number of benzene rings is 1. The molecule has 9 heteroatoms. The van der Waals surface area contributed by atoms with E-state index in [0.29, 0.717) is 13.1 Å². The Morgan fingerprint density at radius 1 is 1.53 bits per heavy atom. The lowest BCUT2D eigenvalue weighted by Gasteiger charge is -2.10. The maximum Gasteiger partial charge on any atom is 0.271 e. The lowest BCUT2D eigenvalue weighted by Crippen LogP contribution is -2.19. The highest BCUT2D eigenvalue weighted by atomic mass is 19.1. The van der Waals surface area contributed by atoms with Crippen molar-refractivity contribution in [3.63, 3.8) is 0 Å². The van der Waals surface area contributed by atoms with Crippen LogP contribution in [0.4, 0.5) is 15.8 Å². The Kier molecular flexibility index (Phi) is 3.74. The van der Waals surface area contributed by atoms with Crippen molar-refractivity contribution in [1.29, 1.82) is 0 Å². The molecule has 1 N–H and O–H groups in total. The van der Waals surface area contributed by atoms with Crippen LogP contribution in [0.2, 0.25) is 0 Å². The van der Waals surface area contributed by atoms with Crippen molar-refractivity contribution in [3.05, 3.63) is 40.7 Å². The maximum atomic E-state index is 13.7. The van der Waals surface area contributed by atoms with Crippen LogP contribution in [0.1, 0.15) is 0 Å². The molecule has 0 saturated carbocycles. The standard InChI is InChI=1S/C10H9BFN5O2/c11-8-3-7(17(18)19)4-9(12)10(8)14-1-2-16-6-13-5-15-16/h3-6,14H,1-2H2. The molecule has 1 aromatic heterocycles. The van der Waals surface area contributed by atoms with E-state index in [9.17, 15) is 14.5 Å². The van der Waals surface area contributed by atoms with Gasteiger partial charge in [-0.1, -0.05) is 5.46 Å². The third kappa shape index (κ3) is 3.06. The van der Waals surface area contributed by atoms with Crippen molar-refractivity contribution in [2.45, 2.75) is 6.54 Å². The Labute approximate surface area is 109 Å². The Bertz CT molecular complexity index is 567. The van der Waals surface area contributed by atoms with Gasteiger partial charge in [-0.2, -0.15) is 5.10 Å². The fourth-order valence-electron chi connectivity index (χ4n) is 1.55. The minimum atomic E-state index is -0.759. The molecule has 0 spiro atoms. The van der Waals surface area contributed by atoms with Crippen LogP contribution in [0.25, 0.3) is 0 Å². The normalized spacial score (nSPS) is 10.4. The third-order valence-electron chi connectivity index (χ3n) is 2.43. The molecule has 1 heterocycles. The Morgan fingerprint density at radius 3 is 2.89 bits per heavy atom. The largest absolute Gasteiger partial charge is 0.381 e. The second-order valence-electron chi connectivity index (χ2n) is 3.73. The first kappa shape index (κ1) is 13.0.